The molecule has 1 unspecified atom stereocenters. The van der Waals surface area contributed by atoms with Crippen molar-refractivity contribution in [3.63, 3.8) is 0 Å². The molecule has 11 heavy (non-hydrogen) atoms. The number of aromatic nitrogens is 2. The van der Waals surface area contributed by atoms with Gasteiger partial charge < -0.3 is 4.74 Å². The molecule has 0 radical (unpaired) electrons. The van der Waals surface area contributed by atoms with Crippen molar-refractivity contribution in [1.82, 2.24) is 9.78 Å². The molecule has 0 aliphatic heterocycles. The topological polar surface area (TPSA) is 27.1 Å². The highest BCUT2D eigenvalue weighted by Gasteiger charge is 1.97. The predicted molar refractivity (Wildman–Crippen MR) is 43.1 cm³/mol. The molecular weight excluding hydrogens is 140 g/mol. The summed E-state index contributed by atoms with van der Waals surface area (Å²) in [6.45, 7) is 4.72. The van der Waals surface area contributed by atoms with Gasteiger partial charge in [0.05, 0.1) is 6.10 Å². The second-order valence-corrected chi connectivity index (χ2v) is 2.56. The predicted octanol–water partition coefficient (Wildman–Crippen LogP) is 1.66. The van der Waals surface area contributed by atoms with Gasteiger partial charge in [-0.2, -0.15) is 5.10 Å². The average molecular weight is 154 g/mol. The van der Waals surface area contributed by atoms with E-state index in [0.29, 0.717) is 12.8 Å². The second kappa shape index (κ2) is 4.13. The smallest absolute Gasteiger partial charge is 0.139 e. The van der Waals surface area contributed by atoms with Crippen molar-refractivity contribution < 1.29 is 4.74 Å². The Kier molecular flexibility index (Phi) is 3.11. The zero-order valence-electron chi connectivity index (χ0n) is 7.03. The van der Waals surface area contributed by atoms with Crippen LogP contribution in [-0.4, -0.2) is 15.9 Å². The van der Waals surface area contributed by atoms with Crippen molar-refractivity contribution in [3.8, 4) is 0 Å². The molecule has 1 heterocycles. The van der Waals surface area contributed by atoms with Crippen LogP contribution in [0.4, 0.5) is 0 Å². The Bertz CT molecular complexity index is 184. The van der Waals surface area contributed by atoms with Crippen LogP contribution in [0.3, 0.4) is 0 Å². The van der Waals surface area contributed by atoms with Crippen LogP contribution in [0.1, 0.15) is 20.3 Å². The van der Waals surface area contributed by atoms with E-state index in [1.165, 1.54) is 0 Å². The van der Waals surface area contributed by atoms with Gasteiger partial charge >= 0.3 is 0 Å². The van der Waals surface area contributed by atoms with Gasteiger partial charge in [0, 0.05) is 12.4 Å². The fraction of sp³-hybridized carbons (Fsp3) is 0.625. The summed E-state index contributed by atoms with van der Waals surface area (Å²) in [7, 11) is 0. The van der Waals surface area contributed by atoms with E-state index in [-0.39, 0.29) is 0 Å². The van der Waals surface area contributed by atoms with E-state index < -0.39 is 0 Å². The molecule has 0 aliphatic rings. The molecule has 1 atom stereocenters. The van der Waals surface area contributed by atoms with Gasteiger partial charge in [-0.05, 0) is 19.4 Å². The lowest BCUT2D eigenvalue weighted by Gasteiger charge is -2.09. The van der Waals surface area contributed by atoms with Crippen LogP contribution in [0.5, 0.6) is 0 Å². The highest BCUT2D eigenvalue weighted by Crippen LogP contribution is 1.97. The first-order valence-electron chi connectivity index (χ1n) is 3.92. The van der Waals surface area contributed by atoms with Gasteiger partial charge in [0.1, 0.15) is 6.73 Å². The first-order valence-corrected chi connectivity index (χ1v) is 3.92. The molecule has 3 heteroatoms. The summed E-state index contributed by atoms with van der Waals surface area (Å²) in [5.74, 6) is 0. The molecule has 0 saturated heterocycles. The molecular formula is C8H14N2O. The molecule has 0 bridgehead atoms. The van der Waals surface area contributed by atoms with Crippen LogP contribution in [0, 0.1) is 0 Å². The summed E-state index contributed by atoms with van der Waals surface area (Å²) in [6, 6.07) is 1.89. The first-order chi connectivity index (χ1) is 5.33. The number of hydrogen-bond donors (Lipinski definition) is 0. The molecule has 62 valence electrons. The zero-order chi connectivity index (χ0) is 8.10. The van der Waals surface area contributed by atoms with Gasteiger partial charge in [0.2, 0.25) is 0 Å². The van der Waals surface area contributed by atoms with Crippen LogP contribution in [0.2, 0.25) is 0 Å². The minimum atomic E-state index is 0.319. The zero-order valence-corrected chi connectivity index (χ0v) is 7.03. The number of nitrogens with zero attached hydrogens (tertiary/aromatic N) is 2. The molecule has 0 aromatic carbocycles. The van der Waals surface area contributed by atoms with Crippen LogP contribution in [0.15, 0.2) is 18.5 Å². The van der Waals surface area contributed by atoms with E-state index in [0.717, 1.165) is 6.42 Å². The molecule has 1 aromatic rings. The molecule has 0 N–H and O–H groups in total. The Morgan fingerprint density at radius 3 is 3.00 bits per heavy atom. The lowest BCUT2D eigenvalue weighted by molar-refractivity contribution is 0.00987. The molecule has 0 fully saturated rings. The van der Waals surface area contributed by atoms with Crippen molar-refractivity contribution >= 4 is 0 Å². The Morgan fingerprint density at radius 1 is 1.64 bits per heavy atom. The Labute approximate surface area is 67.0 Å². The van der Waals surface area contributed by atoms with Gasteiger partial charge in [-0.3, -0.25) is 0 Å². The molecule has 1 rings (SSSR count). The van der Waals surface area contributed by atoms with Gasteiger partial charge in [-0.25, -0.2) is 4.68 Å². The van der Waals surface area contributed by atoms with E-state index in [1.807, 2.05) is 12.3 Å². The van der Waals surface area contributed by atoms with Crippen LogP contribution in [-0.2, 0) is 11.5 Å². The largest absolute Gasteiger partial charge is 0.356 e. The normalized spacial score (nSPS) is 13.3. The summed E-state index contributed by atoms with van der Waals surface area (Å²) in [4.78, 5) is 0. The number of rotatable bonds is 4. The molecule has 0 aliphatic carbocycles. The molecule has 0 saturated carbocycles. The monoisotopic (exact) mass is 154 g/mol. The summed E-state index contributed by atoms with van der Waals surface area (Å²) in [5, 5.41) is 4.01. The Balaban J connectivity index is 2.23. The average Bonchev–Trinajstić information content (AvgIpc) is 2.52. The van der Waals surface area contributed by atoms with E-state index in [4.69, 9.17) is 4.74 Å². The molecule has 0 amide bonds. The van der Waals surface area contributed by atoms with Crippen molar-refractivity contribution in [2.24, 2.45) is 0 Å². The van der Waals surface area contributed by atoms with E-state index in [1.54, 1.807) is 10.9 Å². The molecule has 1 aromatic heterocycles. The number of ether oxygens (including phenoxy) is 1. The third-order valence-corrected chi connectivity index (χ3v) is 1.63. The maximum absolute atomic E-state index is 5.44. The maximum Gasteiger partial charge on any atom is 0.139 e. The fourth-order valence-corrected chi connectivity index (χ4v) is 0.698. The van der Waals surface area contributed by atoms with Crippen LogP contribution < -0.4 is 0 Å². The fourth-order valence-electron chi connectivity index (χ4n) is 0.698. The highest BCUT2D eigenvalue weighted by atomic mass is 16.5. The molecule has 0 spiro atoms. The summed E-state index contributed by atoms with van der Waals surface area (Å²) in [6.07, 6.45) is 5.00. The maximum atomic E-state index is 5.44. The van der Waals surface area contributed by atoms with Crippen LogP contribution >= 0.6 is 0 Å². The second-order valence-electron chi connectivity index (χ2n) is 2.56. The van der Waals surface area contributed by atoms with Crippen molar-refractivity contribution in [2.45, 2.75) is 33.1 Å². The van der Waals surface area contributed by atoms with Crippen LogP contribution in [0.25, 0.3) is 0 Å². The third kappa shape index (κ3) is 2.72. The highest BCUT2D eigenvalue weighted by molar-refractivity contribution is 4.76. The summed E-state index contributed by atoms with van der Waals surface area (Å²) in [5.41, 5.74) is 0. The van der Waals surface area contributed by atoms with Gasteiger partial charge in [0.25, 0.3) is 0 Å². The number of hydrogen-bond acceptors (Lipinski definition) is 2. The standard InChI is InChI=1S/C8H14N2O/c1-3-8(2)11-7-10-6-4-5-9-10/h4-6,8H,3,7H2,1-2H3. The molecule has 3 nitrogen and oxygen atoms in total. The third-order valence-electron chi connectivity index (χ3n) is 1.63. The minimum Gasteiger partial charge on any atom is -0.356 e. The quantitative estimate of drug-likeness (QED) is 0.659. The SMILES string of the molecule is CCC(C)OCn1cccn1. The lowest BCUT2D eigenvalue weighted by atomic mass is 10.3. The van der Waals surface area contributed by atoms with Crippen molar-refractivity contribution in [3.05, 3.63) is 18.5 Å². The summed E-state index contributed by atoms with van der Waals surface area (Å²) >= 11 is 0. The van der Waals surface area contributed by atoms with Crippen molar-refractivity contribution in [2.75, 3.05) is 0 Å². The Morgan fingerprint density at radius 2 is 2.45 bits per heavy atom. The van der Waals surface area contributed by atoms with E-state index in [9.17, 15) is 0 Å². The Hall–Kier alpha value is -0.830. The van der Waals surface area contributed by atoms with Crippen molar-refractivity contribution in [1.29, 1.82) is 0 Å². The van der Waals surface area contributed by atoms with Gasteiger partial charge in [-0.1, -0.05) is 6.92 Å². The van der Waals surface area contributed by atoms with Gasteiger partial charge in [-0.15, -0.1) is 0 Å². The minimum absolute atomic E-state index is 0.319. The van der Waals surface area contributed by atoms with E-state index in [2.05, 4.69) is 18.9 Å². The lowest BCUT2D eigenvalue weighted by Crippen LogP contribution is -2.10. The summed E-state index contributed by atoms with van der Waals surface area (Å²) < 4.78 is 7.21. The first kappa shape index (κ1) is 8.27. The van der Waals surface area contributed by atoms with Gasteiger partial charge in [0.15, 0.2) is 0 Å². The van der Waals surface area contributed by atoms with E-state index >= 15 is 0 Å².